The third-order valence-electron chi connectivity index (χ3n) is 4.17. The van der Waals surface area contributed by atoms with Crippen molar-refractivity contribution in [3.63, 3.8) is 0 Å². The van der Waals surface area contributed by atoms with Crippen LogP contribution in [-0.2, 0) is 6.54 Å². The summed E-state index contributed by atoms with van der Waals surface area (Å²) in [5, 5.41) is 4.65. The second-order valence-electron chi connectivity index (χ2n) is 5.84. The molecule has 0 aliphatic heterocycles. The summed E-state index contributed by atoms with van der Waals surface area (Å²) in [5.41, 5.74) is 3.03. The van der Waals surface area contributed by atoms with Crippen molar-refractivity contribution in [2.75, 3.05) is 0 Å². The Morgan fingerprint density at radius 2 is 1.96 bits per heavy atom. The maximum atomic E-state index is 12.9. The Balaban J connectivity index is 1.91. The predicted octanol–water partition coefficient (Wildman–Crippen LogP) is 3.44. The number of benzene rings is 1. The summed E-state index contributed by atoms with van der Waals surface area (Å²) in [6.07, 6.45) is 5.10. The predicted molar refractivity (Wildman–Crippen MR) is 95.1 cm³/mol. The van der Waals surface area contributed by atoms with E-state index < -0.39 is 0 Å². The van der Waals surface area contributed by atoms with Crippen molar-refractivity contribution < 1.29 is 4.52 Å². The number of aryl methyl sites for hydroxylation is 2. The van der Waals surface area contributed by atoms with Crippen LogP contribution in [0.3, 0.4) is 0 Å². The fourth-order valence-corrected chi connectivity index (χ4v) is 2.88. The Labute approximate surface area is 143 Å². The van der Waals surface area contributed by atoms with Crippen LogP contribution in [0.25, 0.3) is 33.7 Å². The third kappa shape index (κ3) is 2.61. The third-order valence-corrected chi connectivity index (χ3v) is 4.17. The highest BCUT2D eigenvalue weighted by Crippen LogP contribution is 2.22. The highest BCUT2D eigenvalue weighted by atomic mass is 16.5. The number of hydrogen-bond acceptors (Lipinski definition) is 5. The maximum absolute atomic E-state index is 12.9. The Bertz CT molecular complexity index is 1110. The van der Waals surface area contributed by atoms with E-state index in [2.05, 4.69) is 15.1 Å². The molecule has 3 heterocycles. The molecule has 0 radical (unpaired) electrons. The van der Waals surface area contributed by atoms with Crippen LogP contribution in [0.5, 0.6) is 0 Å². The van der Waals surface area contributed by atoms with Crippen LogP contribution in [0.2, 0.25) is 0 Å². The van der Waals surface area contributed by atoms with Crippen LogP contribution in [0, 0.1) is 6.92 Å². The lowest BCUT2D eigenvalue weighted by Crippen LogP contribution is -2.12. The van der Waals surface area contributed by atoms with Crippen molar-refractivity contribution in [3.8, 4) is 22.8 Å². The van der Waals surface area contributed by atoms with Gasteiger partial charge in [0.25, 0.3) is 5.89 Å². The highest BCUT2D eigenvalue weighted by molar-refractivity contribution is 5.83. The van der Waals surface area contributed by atoms with E-state index in [0.29, 0.717) is 16.8 Å². The van der Waals surface area contributed by atoms with Crippen molar-refractivity contribution in [2.45, 2.75) is 20.4 Å². The van der Waals surface area contributed by atoms with Gasteiger partial charge in [-0.05, 0) is 38.1 Å². The van der Waals surface area contributed by atoms with Gasteiger partial charge in [-0.25, -0.2) is 0 Å². The molecule has 124 valence electrons. The van der Waals surface area contributed by atoms with Gasteiger partial charge < -0.3 is 9.09 Å². The normalized spacial score (nSPS) is 11.1. The molecule has 3 aromatic heterocycles. The molecule has 6 heteroatoms. The molecule has 0 unspecified atom stereocenters. The zero-order chi connectivity index (χ0) is 17.4. The summed E-state index contributed by atoms with van der Waals surface area (Å²) >= 11 is 0. The van der Waals surface area contributed by atoms with Gasteiger partial charge in [-0.3, -0.25) is 9.78 Å². The minimum atomic E-state index is -0.103. The molecular formula is C19H16N4O2. The van der Waals surface area contributed by atoms with E-state index in [1.165, 1.54) is 0 Å². The molecule has 4 aromatic rings. The molecule has 0 spiro atoms. The van der Waals surface area contributed by atoms with E-state index in [4.69, 9.17) is 4.52 Å². The number of nitrogens with zero attached hydrogens (tertiary/aromatic N) is 4. The Hall–Kier alpha value is -3.28. The number of hydrogen-bond donors (Lipinski definition) is 0. The molecule has 0 fully saturated rings. The van der Waals surface area contributed by atoms with Crippen molar-refractivity contribution in [3.05, 3.63) is 64.7 Å². The van der Waals surface area contributed by atoms with Crippen molar-refractivity contribution in [2.24, 2.45) is 0 Å². The summed E-state index contributed by atoms with van der Waals surface area (Å²) in [7, 11) is 0. The van der Waals surface area contributed by atoms with Gasteiger partial charge in [0.2, 0.25) is 11.3 Å². The first kappa shape index (κ1) is 15.3. The Kier molecular flexibility index (Phi) is 3.65. The molecule has 0 amide bonds. The summed E-state index contributed by atoms with van der Waals surface area (Å²) in [5.74, 6) is 0.659. The van der Waals surface area contributed by atoms with E-state index in [0.717, 1.165) is 23.2 Å². The molecule has 0 saturated heterocycles. The summed E-state index contributed by atoms with van der Waals surface area (Å²) < 4.78 is 7.39. The average Bonchev–Trinajstić information content (AvgIpc) is 3.13. The standard InChI is InChI=1S/C19H16N4O2/c1-3-23-11-15(17(24)14-10-12(2)4-5-16(14)23)19-21-18(22-25-19)13-6-8-20-9-7-13/h4-11H,3H2,1-2H3. The summed E-state index contributed by atoms with van der Waals surface area (Å²) in [4.78, 5) is 21.3. The van der Waals surface area contributed by atoms with Crippen LogP contribution in [0.4, 0.5) is 0 Å². The Morgan fingerprint density at radius 1 is 1.16 bits per heavy atom. The lowest BCUT2D eigenvalue weighted by Gasteiger charge is -2.10. The fraction of sp³-hybridized carbons (Fsp3) is 0.158. The molecule has 0 bridgehead atoms. The van der Waals surface area contributed by atoms with E-state index >= 15 is 0 Å². The van der Waals surface area contributed by atoms with E-state index in [1.54, 1.807) is 30.7 Å². The van der Waals surface area contributed by atoms with Crippen molar-refractivity contribution >= 4 is 10.9 Å². The second-order valence-corrected chi connectivity index (χ2v) is 5.84. The molecule has 0 N–H and O–H groups in total. The molecule has 1 aromatic carbocycles. The van der Waals surface area contributed by atoms with E-state index in [1.807, 2.05) is 36.6 Å². The molecule has 0 aliphatic carbocycles. The average molecular weight is 332 g/mol. The zero-order valence-electron chi connectivity index (χ0n) is 13.9. The van der Waals surface area contributed by atoms with Crippen LogP contribution in [-0.4, -0.2) is 19.7 Å². The number of pyridine rings is 2. The monoisotopic (exact) mass is 332 g/mol. The van der Waals surface area contributed by atoms with E-state index in [-0.39, 0.29) is 11.3 Å². The topological polar surface area (TPSA) is 73.8 Å². The van der Waals surface area contributed by atoms with Gasteiger partial charge in [0, 0.05) is 36.1 Å². The number of aromatic nitrogens is 4. The first-order valence-corrected chi connectivity index (χ1v) is 8.05. The quantitative estimate of drug-likeness (QED) is 0.574. The minimum absolute atomic E-state index is 0.103. The molecule has 0 atom stereocenters. The van der Waals surface area contributed by atoms with Gasteiger partial charge >= 0.3 is 0 Å². The lowest BCUT2D eigenvalue weighted by molar-refractivity contribution is 0.431. The van der Waals surface area contributed by atoms with Gasteiger partial charge in [-0.2, -0.15) is 4.98 Å². The molecule has 4 rings (SSSR count). The summed E-state index contributed by atoms with van der Waals surface area (Å²) in [6.45, 7) is 4.73. The number of fused-ring (bicyclic) bond motifs is 1. The molecular weight excluding hydrogens is 316 g/mol. The first-order valence-electron chi connectivity index (χ1n) is 8.05. The summed E-state index contributed by atoms with van der Waals surface area (Å²) in [6, 6.07) is 9.45. The second kappa shape index (κ2) is 5.98. The van der Waals surface area contributed by atoms with Gasteiger partial charge in [0.15, 0.2) is 0 Å². The Morgan fingerprint density at radius 3 is 2.72 bits per heavy atom. The van der Waals surface area contributed by atoms with Crippen LogP contribution < -0.4 is 5.43 Å². The van der Waals surface area contributed by atoms with E-state index in [9.17, 15) is 4.79 Å². The van der Waals surface area contributed by atoms with Crippen LogP contribution in [0.15, 0.2) is 58.2 Å². The van der Waals surface area contributed by atoms with Crippen LogP contribution >= 0.6 is 0 Å². The maximum Gasteiger partial charge on any atom is 0.263 e. The SMILES string of the molecule is CCn1cc(-c2nc(-c3ccncc3)no2)c(=O)c2cc(C)ccc21. The molecule has 0 saturated carbocycles. The van der Waals surface area contributed by atoms with Gasteiger partial charge in [0.1, 0.15) is 5.56 Å². The smallest absolute Gasteiger partial charge is 0.263 e. The number of rotatable bonds is 3. The minimum Gasteiger partial charge on any atom is -0.347 e. The zero-order valence-corrected chi connectivity index (χ0v) is 13.9. The largest absolute Gasteiger partial charge is 0.347 e. The van der Waals surface area contributed by atoms with Crippen LogP contribution in [0.1, 0.15) is 12.5 Å². The van der Waals surface area contributed by atoms with Gasteiger partial charge in [-0.1, -0.05) is 16.8 Å². The fourth-order valence-electron chi connectivity index (χ4n) is 2.88. The highest BCUT2D eigenvalue weighted by Gasteiger charge is 2.17. The van der Waals surface area contributed by atoms with Gasteiger partial charge in [-0.15, -0.1) is 0 Å². The lowest BCUT2D eigenvalue weighted by atomic mass is 10.1. The molecule has 6 nitrogen and oxygen atoms in total. The first-order chi connectivity index (χ1) is 12.2. The molecule has 0 aliphatic rings. The molecule has 25 heavy (non-hydrogen) atoms. The van der Waals surface area contributed by atoms with Crippen molar-refractivity contribution in [1.29, 1.82) is 0 Å². The van der Waals surface area contributed by atoms with Gasteiger partial charge in [0.05, 0.1) is 5.52 Å². The van der Waals surface area contributed by atoms with Crippen molar-refractivity contribution in [1.82, 2.24) is 19.7 Å².